The van der Waals surface area contributed by atoms with Gasteiger partial charge in [0.05, 0.1) is 24.2 Å². The van der Waals surface area contributed by atoms with Gasteiger partial charge in [-0.05, 0) is 13.3 Å². The topological polar surface area (TPSA) is 105 Å². The van der Waals surface area contributed by atoms with Crippen LogP contribution in [0.25, 0.3) is 0 Å². The van der Waals surface area contributed by atoms with Crippen molar-refractivity contribution in [1.82, 2.24) is 24.1 Å². The van der Waals surface area contributed by atoms with Crippen molar-refractivity contribution in [2.75, 3.05) is 45.0 Å². The molecule has 0 aromatic carbocycles. The Morgan fingerprint density at radius 3 is 2.57 bits per heavy atom. The molecule has 0 unspecified atom stereocenters. The third kappa shape index (κ3) is 6.11. The molecule has 0 spiro atoms. The van der Waals surface area contributed by atoms with Crippen molar-refractivity contribution in [2.45, 2.75) is 33.1 Å². The predicted molar refractivity (Wildman–Crippen MR) is 108 cm³/mol. The third-order valence-electron chi connectivity index (χ3n) is 5.02. The van der Waals surface area contributed by atoms with Crippen molar-refractivity contribution in [3.05, 3.63) is 27.9 Å². The number of carbonyl (C=O) groups is 1. The number of sulfonamides is 1. The Labute approximate surface area is 166 Å². The molecule has 0 aliphatic carbocycles. The van der Waals surface area contributed by atoms with Crippen LogP contribution in [0.1, 0.15) is 31.0 Å². The van der Waals surface area contributed by atoms with E-state index in [1.165, 1.54) is 10.9 Å². The van der Waals surface area contributed by atoms with Gasteiger partial charge >= 0.3 is 0 Å². The number of aromatic nitrogens is 2. The molecular formula is C18H31N5O4S. The van der Waals surface area contributed by atoms with Crippen LogP contribution in [0, 0.1) is 6.92 Å². The van der Waals surface area contributed by atoms with Gasteiger partial charge in [-0.2, -0.15) is 4.31 Å². The standard InChI is InChI=1S/C18H31N5O4S/c1-4-5-12-28(26,27)23-10-8-22(9-11-23)7-6-19-17(24)13-16-15(2)18(25)21(3)14-20-16/h14H,4-13H2,1-3H3,(H,19,24). The Morgan fingerprint density at radius 1 is 1.25 bits per heavy atom. The molecule has 1 saturated heterocycles. The summed E-state index contributed by atoms with van der Waals surface area (Å²) in [7, 11) is -1.52. The summed E-state index contributed by atoms with van der Waals surface area (Å²) in [5.41, 5.74) is 0.830. The second-order valence-corrected chi connectivity index (χ2v) is 9.26. The number of rotatable bonds is 9. The van der Waals surface area contributed by atoms with Gasteiger partial charge in [0.1, 0.15) is 0 Å². The van der Waals surface area contributed by atoms with Crippen molar-refractivity contribution in [3.63, 3.8) is 0 Å². The normalized spacial score (nSPS) is 16.2. The van der Waals surface area contributed by atoms with Crippen LogP contribution in [0.2, 0.25) is 0 Å². The van der Waals surface area contributed by atoms with Gasteiger partial charge in [0.25, 0.3) is 5.56 Å². The summed E-state index contributed by atoms with van der Waals surface area (Å²) in [4.78, 5) is 30.3. The van der Waals surface area contributed by atoms with Crippen molar-refractivity contribution < 1.29 is 13.2 Å². The maximum Gasteiger partial charge on any atom is 0.256 e. The summed E-state index contributed by atoms with van der Waals surface area (Å²) in [5, 5.41) is 2.85. The van der Waals surface area contributed by atoms with E-state index in [0.29, 0.717) is 56.9 Å². The molecule has 2 rings (SSSR count). The summed E-state index contributed by atoms with van der Waals surface area (Å²) < 4.78 is 27.4. The third-order valence-corrected chi connectivity index (χ3v) is 6.98. The summed E-state index contributed by atoms with van der Waals surface area (Å²) in [6.07, 6.45) is 3.05. The van der Waals surface area contributed by atoms with Crippen molar-refractivity contribution >= 4 is 15.9 Å². The average molecular weight is 414 g/mol. The van der Waals surface area contributed by atoms with Crippen LogP contribution in [-0.2, 0) is 28.3 Å². The lowest BCUT2D eigenvalue weighted by atomic mass is 10.2. The van der Waals surface area contributed by atoms with E-state index in [1.807, 2.05) is 6.92 Å². The zero-order chi connectivity index (χ0) is 20.7. The summed E-state index contributed by atoms with van der Waals surface area (Å²) in [6, 6.07) is 0. The zero-order valence-electron chi connectivity index (χ0n) is 17.0. The number of piperazine rings is 1. The number of hydrogen-bond donors (Lipinski definition) is 1. The molecule has 0 radical (unpaired) electrons. The van der Waals surface area contributed by atoms with Crippen LogP contribution < -0.4 is 10.9 Å². The zero-order valence-corrected chi connectivity index (χ0v) is 17.8. The van der Waals surface area contributed by atoms with Crippen molar-refractivity contribution in [1.29, 1.82) is 0 Å². The smallest absolute Gasteiger partial charge is 0.256 e. The molecule has 28 heavy (non-hydrogen) atoms. The molecule has 1 aliphatic rings. The Morgan fingerprint density at radius 2 is 1.93 bits per heavy atom. The number of nitrogens with one attached hydrogen (secondary N) is 1. The molecule has 0 saturated carbocycles. The molecule has 10 heteroatoms. The molecule has 1 aromatic heterocycles. The minimum Gasteiger partial charge on any atom is -0.354 e. The SMILES string of the molecule is CCCCS(=O)(=O)N1CCN(CCNC(=O)Cc2ncn(C)c(=O)c2C)CC1. The van der Waals surface area contributed by atoms with E-state index in [4.69, 9.17) is 0 Å². The molecule has 9 nitrogen and oxygen atoms in total. The van der Waals surface area contributed by atoms with E-state index < -0.39 is 10.0 Å². The predicted octanol–water partition coefficient (Wildman–Crippen LogP) is -0.505. The van der Waals surface area contributed by atoms with Crippen molar-refractivity contribution in [3.8, 4) is 0 Å². The van der Waals surface area contributed by atoms with Crippen LogP contribution >= 0.6 is 0 Å². The molecule has 1 aromatic rings. The van der Waals surface area contributed by atoms with Crippen LogP contribution in [0.4, 0.5) is 0 Å². The highest BCUT2D eigenvalue weighted by Gasteiger charge is 2.26. The number of carbonyl (C=O) groups excluding carboxylic acids is 1. The molecule has 1 fully saturated rings. The van der Waals surface area contributed by atoms with E-state index in [1.54, 1.807) is 18.3 Å². The number of aryl methyl sites for hydroxylation is 1. The monoisotopic (exact) mass is 413 g/mol. The molecule has 1 aliphatic heterocycles. The fraction of sp³-hybridized carbons (Fsp3) is 0.722. The molecule has 2 heterocycles. The van der Waals surface area contributed by atoms with Gasteiger partial charge in [-0.25, -0.2) is 13.4 Å². The van der Waals surface area contributed by atoms with E-state index >= 15 is 0 Å². The molecule has 0 bridgehead atoms. The Bertz CT molecular complexity index is 829. The first-order chi connectivity index (χ1) is 13.2. The van der Waals surface area contributed by atoms with E-state index in [0.717, 1.165) is 6.42 Å². The van der Waals surface area contributed by atoms with Gasteiger partial charge in [0.15, 0.2) is 0 Å². The quantitative estimate of drug-likeness (QED) is 0.585. The summed E-state index contributed by atoms with van der Waals surface area (Å²) in [6.45, 7) is 7.12. The van der Waals surface area contributed by atoms with E-state index in [2.05, 4.69) is 15.2 Å². The lowest BCUT2D eigenvalue weighted by Crippen LogP contribution is -2.50. The van der Waals surface area contributed by atoms with Gasteiger partial charge in [-0.15, -0.1) is 0 Å². The fourth-order valence-electron chi connectivity index (χ4n) is 3.13. The molecule has 158 valence electrons. The van der Waals surface area contributed by atoms with Gasteiger partial charge in [0, 0.05) is 51.9 Å². The molecule has 1 N–H and O–H groups in total. The van der Waals surface area contributed by atoms with E-state index in [-0.39, 0.29) is 23.6 Å². The highest BCUT2D eigenvalue weighted by molar-refractivity contribution is 7.89. The maximum absolute atomic E-state index is 12.2. The Hall–Kier alpha value is -1.78. The Kier molecular flexibility index (Phi) is 8.14. The second kappa shape index (κ2) is 10.1. The summed E-state index contributed by atoms with van der Waals surface area (Å²) >= 11 is 0. The van der Waals surface area contributed by atoms with Gasteiger partial charge < -0.3 is 9.88 Å². The molecule has 1 amide bonds. The molecular weight excluding hydrogens is 382 g/mol. The first kappa shape index (κ1) is 22.5. The van der Waals surface area contributed by atoms with E-state index in [9.17, 15) is 18.0 Å². The largest absolute Gasteiger partial charge is 0.354 e. The number of nitrogens with zero attached hydrogens (tertiary/aromatic N) is 4. The lowest BCUT2D eigenvalue weighted by Gasteiger charge is -2.34. The van der Waals surface area contributed by atoms with Gasteiger partial charge in [-0.1, -0.05) is 13.3 Å². The first-order valence-electron chi connectivity index (χ1n) is 9.72. The molecule has 0 atom stereocenters. The summed E-state index contributed by atoms with van der Waals surface area (Å²) in [5.74, 6) is 0.0416. The highest BCUT2D eigenvalue weighted by atomic mass is 32.2. The van der Waals surface area contributed by atoms with Crippen LogP contribution in [0.15, 0.2) is 11.1 Å². The Balaban J connectivity index is 1.72. The lowest BCUT2D eigenvalue weighted by molar-refractivity contribution is -0.120. The number of hydrogen-bond acceptors (Lipinski definition) is 6. The maximum atomic E-state index is 12.2. The number of amides is 1. The van der Waals surface area contributed by atoms with Gasteiger partial charge in [0.2, 0.25) is 15.9 Å². The van der Waals surface area contributed by atoms with Crippen LogP contribution in [-0.4, -0.2) is 78.1 Å². The van der Waals surface area contributed by atoms with Crippen molar-refractivity contribution in [2.24, 2.45) is 7.05 Å². The fourth-order valence-corrected chi connectivity index (χ4v) is 4.76. The minimum absolute atomic E-state index is 0.0748. The highest BCUT2D eigenvalue weighted by Crippen LogP contribution is 2.09. The van der Waals surface area contributed by atoms with Crippen LogP contribution in [0.5, 0.6) is 0 Å². The minimum atomic E-state index is -3.15. The first-order valence-corrected chi connectivity index (χ1v) is 11.3. The number of unbranched alkanes of at least 4 members (excludes halogenated alkanes) is 1. The van der Waals surface area contributed by atoms with Crippen LogP contribution in [0.3, 0.4) is 0 Å². The van der Waals surface area contributed by atoms with Gasteiger partial charge in [-0.3, -0.25) is 14.5 Å². The average Bonchev–Trinajstić information content (AvgIpc) is 2.67. The second-order valence-electron chi connectivity index (χ2n) is 7.17.